The monoisotopic (exact) mass is 584 g/mol. The lowest BCUT2D eigenvalue weighted by Gasteiger charge is -2.34. The summed E-state index contributed by atoms with van der Waals surface area (Å²) in [5.74, 6) is -1.36. The Morgan fingerprint density at radius 3 is 1.87 bits per heavy atom. The van der Waals surface area contributed by atoms with E-state index in [1.54, 1.807) is 91.0 Å². The molecule has 4 aromatic carbocycles. The number of hydrogen-bond acceptors (Lipinski definition) is 4. The number of benzene rings is 4. The summed E-state index contributed by atoms with van der Waals surface area (Å²) in [6.45, 7) is 0. The van der Waals surface area contributed by atoms with Gasteiger partial charge in [0.25, 0.3) is 11.8 Å². The van der Waals surface area contributed by atoms with Crippen LogP contribution in [0.4, 0.5) is 20.6 Å². The van der Waals surface area contributed by atoms with Crippen LogP contribution in [0, 0.1) is 5.82 Å². The van der Waals surface area contributed by atoms with Crippen molar-refractivity contribution < 1.29 is 23.5 Å². The third kappa shape index (κ3) is 5.11. The second-order valence-electron chi connectivity index (χ2n) is 8.74. The van der Waals surface area contributed by atoms with Crippen LogP contribution in [0.15, 0.2) is 107 Å². The van der Waals surface area contributed by atoms with E-state index in [4.69, 9.17) is 4.74 Å². The molecule has 0 radical (unpaired) electrons. The van der Waals surface area contributed by atoms with Gasteiger partial charge in [-0.25, -0.2) is 19.0 Å². The first kappa shape index (κ1) is 26.1. The minimum absolute atomic E-state index is 0.196. The molecule has 5 rings (SSSR count). The van der Waals surface area contributed by atoms with Crippen molar-refractivity contribution in [3.63, 3.8) is 0 Å². The first-order valence-corrected chi connectivity index (χ1v) is 12.8. The zero-order valence-corrected chi connectivity index (χ0v) is 22.4. The number of rotatable bonds is 6. The molecule has 4 amide bonds. The van der Waals surface area contributed by atoms with Crippen molar-refractivity contribution in [3.8, 4) is 5.75 Å². The highest BCUT2D eigenvalue weighted by atomic mass is 79.9. The third-order valence-corrected chi connectivity index (χ3v) is 7.02. The molecular formula is C31H22BrFN2O4. The lowest BCUT2D eigenvalue weighted by molar-refractivity contribution is -0.121. The Morgan fingerprint density at radius 2 is 1.33 bits per heavy atom. The summed E-state index contributed by atoms with van der Waals surface area (Å²) in [7, 11) is 1.49. The molecule has 1 aliphatic heterocycles. The van der Waals surface area contributed by atoms with Gasteiger partial charge < -0.3 is 4.74 Å². The first-order chi connectivity index (χ1) is 18.9. The van der Waals surface area contributed by atoms with Gasteiger partial charge in [0.15, 0.2) is 0 Å². The minimum atomic E-state index is -0.765. The van der Waals surface area contributed by atoms with E-state index < -0.39 is 17.8 Å². The van der Waals surface area contributed by atoms with Crippen molar-refractivity contribution in [2.45, 2.75) is 6.42 Å². The molecular weight excluding hydrogens is 563 g/mol. The fourth-order valence-electron chi connectivity index (χ4n) is 4.41. The van der Waals surface area contributed by atoms with Crippen LogP contribution >= 0.6 is 15.9 Å². The summed E-state index contributed by atoms with van der Waals surface area (Å²) in [5, 5.41) is 0. The van der Waals surface area contributed by atoms with E-state index in [2.05, 4.69) is 15.9 Å². The Labute approximate surface area is 233 Å². The minimum Gasteiger partial charge on any atom is -0.496 e. The van der Waals surface area contributed by atoms with Crippen molar-refractivity contribution in [2.24, 2.45) is 0 Å². The average molecular weight is 585 g/mol. The van der Waals surface area contributed by atoms with Crippen molar-refractivity contribution in [1.82, 2.24) is 0 Å². The standard InChI is InChI=1S/C31H22BrFN2O4/c1-39-28-18-20(17-26(32)24(28)19-21-10-8-9-15-27(21)33)16-25-29(36)34(22-11-4-2-5-12-22)31(38)35(30(25)37)23-13-6-3-7-14-23/h2-18H,19H2,1H3. The molecule has 8 heteroatoms. The van der Waals surface area contributed by atoms with E-state index in [0.717, 1.165) is 9.80 Å². The molecule has 1 heterocycles. The Hall–Kier alpha value is -4.56. The maximum absolute atomic E-state index is 14.3. The first-order valence-electron chi connectivity index (χ1n) is 12.0. The number of ether oxygens (including phenoxy) is 1. The SMILES string of the molecule is COc1cc(C=C2C(=O)N(c3ccccc3)C(=O)N(c3ccccc3)C2=O)cc(Br)c1Cc1ccccc1F. The molecule has 0 aromatic heterocycles. The van der Waals surface area contributed by atoms with Crippen LogP contribution in [0.25, 0.3) is 6.08 Å². The van der Waals surface area contributed by atoms with Crippen molar-refractivity contribution in [2.75, 3.05) is 16.9 Å². The molecule has 0 atom stereocenters. The van der Waals surface area contributed by atoms with Gasteiger partial charge >= 0.3 is 6.03 Å². The molecule has 1 fully saturated rings. The Bertz CT molecular complexity index is 1540. The van der Waals surface area contributed by atoms with Gasteiger partial charge in [0.1, 0.15) is 17.1 Å². The van der Waals surface area contributed by atoms with E-state index in [0.29, 0.717) is 38.3 Å². The average Bonchev–Trinajstić information content (AvgIpc) is 2.94. The number of methoxy groups -OCH3 is 1. The lowest BCUT2D eigenvalue weighted by atomic mass is 10.00. The number of carbonyl (C=O) groups excluding carboxylic acids is 3. The fourth-order valence-corrected chi connectivity index (χ4v) is 5.01. The van der Waals surface area contributed by atoms with Crippen molar-refractivity contribution >= 4 is 51.2 Å². The summed E-state index contributed by atoms with van der Waals surface area (Å²) in [4.78, 5) is 42.7. The molecule has 6 nitrogen and oxygen atoms in total. The van der Waals surface area contributed by atoms with Crippen molar-refractivity contribution in [1.29, 1.82) is 0 Å². The van der Waals surface area contributed by atoms with Crippen LogP contribution in [0.2, 0.25) is 0 Å². The molecule has 1 aliphatic rings. The third-order valence-electron chi connectivity index (χ3n) is 6.31. The summed E-state index contributed by atoms with van der Waals surface area (Å²) < 4.78 is 20.5. The Kier molecular flexibility index (Phi) is 7.38. The van der Waals surface area contributed by atoms with Gasteiger partial charge in [-0.3, -0.25) is 9.59 Å². The highest BCUT2D eigenvalue weighted by molar-refractivity contribution is 9.10. The number of para-hydroxylation sites is 2. The highest BCUT2D eigenvalue weighted by Crippen LogP contribution is 2.34. The number of anilines is 2. The van der Waals surface area contributed by atoms with Crippen LogP contribution in [0.3, 0.4) is 0 Å². The molecule has 4 aromatic rings. The van der Waals surface area contributed by atoms with Crippen LogP contribution in [-0.2, 0) is 16.0 Å². The Balaban J connectivity index is 1.60. The van der Waals surface area contributed by atoms with Gasteiger partial charge in [-0.15, -0.1) is 0 Å². The number of carbonyl (C=O) groups is 3. The number of imide groups is 2. The number of amides is 4. The maximum Gasteiger partial charge on any atom is 0.343 e. The Morgan fingerprint density at radius 1 is 0.795 bits per heavy atom. The highest BCUT2D eigenvalue weighted by Gasteiger charge is 2.43. The normalized spacial score (nSPS) is 13.6. The van der Waals surface area contributed by atoms with Crippen LogP contribution in [0.5, 0.6) is 5.75 Å². The molecule has 39 heavy (non-hydrogen) atoms. The van der Waals surface area contributed by atoms with Gasteiger partial charge in [-0.1, -0.05) is 70.5 Å². The van der Waals surface area contributed by atoms with E-state index in [1.807, 2.05) is 0 Å². The second-order valence-corrected chi connectivity index (χ2v) is 9.60. The number of halogens is 2. The van der Waals surface area contributed by atoms with E-state index in [-0.39, 0.29) is 17.8 Å². The van der Waals surface area contributed by atoms with Gasteiger partial charge in [-0.2, -0.15) is 0 Å². The summed E-state index contributed by atoms with van der Waals surface area (Å²) in [5.41, 5.74) is 2.17. The number of urea groups is 1. The molecule has 0 spiro atoms. The predicted octanol–water partition coefficient (Wildman–Crippen LogP) is 6.77. The number of barbiturate groups is 1. The van der Waals surface area contributed by atoms with E-state index >= 15 is 0 Å². The molecule has 194 valence electrons. The summed E-state index contributed by atoms with van der Waals surface area (Å²) in [6.07, 6.45) is 1.70. The molecule has 0 aliphatic carbocycles. The van der Waals surface area contributed by atoms with Gasteiger partial charge in [-0.05, 0) is 59.7 Å². The topological polar surface area (TPSA) is 66.9 Å². The fraction of sp³-hybridized carbons (Fsp3) is 0.0645. The molecule has 0 bridgehead atoms. The quantitative estimate of drug-likeness (QED) is 0.185. The molecule has 0 N–H and O–H groups in total. The summed E-state index contributed by atoms with van der Waals surface area (Å²) >= 11 is 3.55. The van der Waals surface area contributed by atoms with Crippen molar-refractivity contribution in [3.05, 3.63) is 130 Å². The van der Waals surface area contributed by atoms with Crippen LogP contribution < -0.4 is 14.5 Å². The van der Waals surface area contributed by atoms with Crippen LogP contribution in [0.1, 0.15) is 16.7 Å². The second kappa shape index (κ2) is 11.0. The van der Waals surface area contributed by atoms with Gasteiger partial charge in [0.05, 0.1) is 18.5 Å². The van der Waals surface area contributed by atoms with Gasteiger partial charge in [0, 0.05) is 16.5 Å². The predicted molar refractivity (Wildman–Crippen MR) is 151 cm³/mol. The number of hydrogen-bond donors (Lipinski definition) is 0. The lowest BCUT2D eigenvalue weighted by Crippen LogP contribution is -2.57. The van der Waals surface area contributed by atoms with Gasteiger partial charge in [0.2, 0.25) is 0 Å². The largest absolute Gasteiger partial charge is 0.496 e. The molecule has 0 saturated carbocycles. The zero-order valence-electron chi connectivity index (χ0n) is 20.8. The van der Waals surface area contributed by atoms with E-state index in [9.17, 15) is 18.8 Å². The number of nitrogens with zero attached hydrogens (tertiary/aromatic N) is 2. The molecule has 1 saturated heterocycles. The van der Waals surface area contributed by atoms with Crippen LogP contribution in [-0.4, -0.2) is 25.0 Å². The summed E-state index contributed by atoms with van der Waals surface area (Å²) in [6, 6.07) is 26.0. The smallest absolute Gasteiger partial charge is 0.343 e. The van der Waals surface area contributed by atoms with E-state index in [1.165, 1.54) is 19.3 Å². The maximum atomic E-state index is 14.3. The zero-order chi connectivity index (χ0) is 27.5. The molecule has 0 unspecified atom stereocenters.